The topological polar surface area (TPSA) is 21.7 Å². The average molecular weight is 303 g/mol. The number of hydrogen-bond donors (Lipinski definition) is 0. The fourth-order valence-corrected chi connectivity index (χ4v) is 2.40. The van der Waals surface area contributed by atoms with Crippen LogP contribution in [0.15, 0.2) is 42.5 Å². The molecule has 0 saturated carbocycles. The first kappa shape index (κ1) is 16.3. The molecule has 0 fully saturated rings. The third-order valence-electron chi connectivity index (χ3n) is 3.89. The third kappa shape index (κ3) is 3.77. The van der Waals surface area contributed by atoms with Gasteiger partial charge in [-0.05, 0) is 49.4 Å². The van der Waals surface area contributed by atoms with Gasteiger partial charge in [-0.3, -0.25) is 4.90 Å². The van der Waals surface area contributed by atoms with Gasteiger partial charge in [0.1, 0.15) is 5.82 Å². The number of nitrogens with zero attached hydrogens (tertiary/aromatic N) is 1. The molecule has 0 N–H and O–H groups in total. The molecule has 0 amide bonds. The Labute approximate surface area is 131 Å². The fraction of sp³-hybridized carbons (Fsp3) is 0.333. The Morgan fingerprint density at radius 2 is 1.64 bits per heavy atom. The standard InChI is InChI=1S/C18H22FNO2/c1-13(15-6-8-16(19)9-7-15)20(2)12-14-5-10-17(21-3)18(11-14)22-4/h5-11,13H,12H2,1-4H3. The minimum atomic E-state index is -0.210. The normalized spacial score (nSPS) is 12.3. The molecule has 2 aromatic carbocycles. The highest BCUT2D eigenvalue weighted by atomic mass is 19.1. The van der Waals surface area contributed by atoms with Gasteiger partial charge in [-0.2, -0.15) is 0 Å². The molecule has 0 aromatic heterocycles. The predicted molar refractivity (Wildman–Crippen MR) is 85.8 cm³/mol. The summed E-state index contributed by atoms with van der Waals surface area (Å²) in [5.74, 6) is 1.24. The zero-order chi connectivity index (χ0) is 16.1. The van der Waals surface area contributed by atoms with Crippen molar-refractivity contribution in [1.29, 1.82) is 0 Å². The molecule has 118 valence electrons. The first-order valence-corrected chi connectivity index (χ1v) is 7.21. The van der Waals surface area contributed by atoms with Crippen LogP contribution < -0.4 is 9.47 Å². The molecule has 0 aliphatic carbocycles. The molecule has 2 aromatic rings. The Balaban J connectivity index is 2.10. The Morgan fingerprint density at radius 3 is 2.23 bits per heavy atom. The lowest BCUT2D eigenvalue weighted by molar-refractivity contribution is 0.252. The zero-order valence-electron chi connectivity index (χ0n) is 13.5. The van der Waals surface area contributed by atoms with E-state index in [0.29, 0.717) is 0 Å². The van der Waals surface area contributed by atoms with Crippen molar-refractivity contribution < 1.29 is 13.9 Å². The maximum atomic E-state index is 13.0. The van der Waals surface area contributed by atoms with Crippen LogP contribution in [0.2, 0.25) is 0 Å². The van der Waals surface area contributed by atoms with Crippen molar-refractivity contribution in [1.82, 2.24) is 4.90 Å². The van der Waals surface area contributed by atoms with E-state index in [1.54, 1.807) is 14.2 Å². The van der Waals surface area contributed by atoms with E-state index in [9.17, 15) is 4.39 Å². The molecule has 22 heavy (non-hydrogen) atoms. The van der Waals surface area contributed by atoms with E-state index in [2.05, 4.69) is 11.8 Å². The van der Waals surface area contributed by atoms with Gasteiger partial charge in [0.15, 0.2) is 11.5 Å². The number of benzene rings is 2. The molecular formula is C18H22FNO2. The monoisotopic (exact) mass is 303 g/mol. The van der Waals surface area contributed by atoms with Gasteiger partial charge in [-0.1, -0.05) is 18.2 Å². The van der Waals surface area contributed by atoms with Crippen LogP contribution in [0.5, 0.6) is 11.5 Å². The van der Waals surface area contributed by atoms with Crippen LogP contribution in [-0.4, -0.2) is 26.2 Å². The zero-order valence-corrected chi connectivity index (χ0v) is 13.5. The molecule has 0 radical (unpaired) electrons. The maximum absolute atomic E-state index is 13.0. The quantitative estimate of drug-likeness (QED) is 0.804. The fourth-order valence-electron chi connectivity index (χ4n) is 2.40. The lowest BCUT2D eigenvalue weighted by atomic mass is 10.1. The molecule has 0 spiro atoms. The lowest BCUT2D eigenvalue weighted by Crippen LogP contribution is -2.21. The van der Waals surface area contributed by atoms with Gasteiger partial charge < -0.3 is 9.47 Å². The van der Waals surface area contributed by atoms with Crippen LogP contribution in [0.4, 0.5) is 4.39 Å². The Kier molecular flexibility index (Phi) is 5.39. The number of methoxy groups -OCH3 is 2. The van der Waals surface area contributed by atoms with E-state index in [1.165, 1.54) is 12.1 Å². The third-order valence-corrected chi connectivity index (χ3v) is 3.89. The molecule has 0 aliphatic rings. The Morgan fingerprint density at radius 1 is 1.00 bits per heavy atom. The first-order valence-electron chi connectivity index (χ1n) is 7.21. The van der Waals surface area contributed by atoms with Crippen molar-refractivity contribution in [3.05, 3.63) is 59.4 Å². The molecular weight excluding hydrogens is 281 g/mol. The van der Waals surface area contributed by atoms with Crippen molar-refractivity contribution in [2.75, 3.05) is 21.3 Å². The van der Waals surface area contributed by atoms with Gasteiger partial charge in [0.25, 0.3) is 0 Å². The van der Waals surface area contributed by atoms with Crippen molar-refractivity contribution in [3.8, 4) is 11.5 Å². The predicted octanol–water partition coefficient (Wildman–Crippen LogP) is 4.04. The SMILES string of the molecule is COc1ccc(CN(C)C(C)c2ccc(F)cc2)cc1OC. The molecule has 3 nitrogen and oxygen atoms in total. The van der Waals surface area contributed by atoms with Gasteiger partial charge in [0.2, 0.25) is 0 Å². The van der Waals surface area contributed by atoms with Gasteiger partial charge in [0.05, 0.1) is 14.2 Å². The maximum Gasteiger partial charge on any atom is 0.161 e. The van der Waals surface area contributed by atoms with Crippen LogP contribution in [0, 0.1) is 5.82 Å². The van der Waals surface area contributed by atoms with E-state index >= 15 is 0 Å². The molecule has 0 saturated heterocycles. The second kappa shape index (κ2) is 7.27. The number of rotatable bonds is 6. The summed E-state index contributed by atoms with van der Waals surface area (Å²) in [6, 6.07) is 12.7. The van der Waals surface area contributed by atoms with Gasteiger partial charge >= 0.3 is 0 Å². The number of hydrogen-bond acceptors (Lipinski definition) is 3. The average Bonchev–Trinajstić information content (AvgIpc) is 2.54. The summed E-state index contributed by atoms with van der Waals surface area (Å²) in [7, 11) is 5.30. The molecule has 0 bridgehead atoms. The van der Waals surface area contributed by atoms with E-state index in [-0.39, 0.29) is 11.9 Å². The van der Waals surface area contributed by atoms with E-state index in [1.807, 2.05) is 37.4 Å². The summed E-state index contributed by atoms with van der Waals surface area (Å²) < 4.78 is 23.6. The molecule has 0 aliphatic heterocycles. The summed E-state index contributed by atoms with van der Waals surface area (Å²) in [6.07, 6.45) is 0. The number of ether oxygens (including phenoxy) is 2. The molecule has 0 heterocycles. The van der Waals surface area contributed by atoms with Gasteiger partial charge in [-0.25, -0.2) is 4.39 Å². The van der Waals surface area contributed by atoms with Crippen LogP contribution in [0.25, 0.3) is 0 Å². The second-order valence-corrected chi connectivity index (χ2v) is 5.33. The van der Waals surface area contributed by atoms with Crippen LogP contribution in [0.3, 0.4) is 0 Å². The minimum Gasteiger partial charge on any atom is -0.493 e. The molecule has 2 rings (SSSR count). The van der Waals surface area contributed by atoms with Gasteiger partial charge in [-0.15, -0.1) is 0 Å². The summed E-state index contributed by atoms with van der Waals surface area (Å²) in [5, 5.41) is 0. The van der Waals surface area contributed by atoms with Gasteiger partial charge in [0, 0.05) is 12.6 Å². The highest BCUT2D eigenvalue weighted by molar-refractivity contribution is 5.42. The minimum absolute atomic E-state index is 0.189. The Bertz CT molecular complexity index is 613. The second-order valence-electron chi connectivity index (χ2n) is 5.33. The lowest BCUT2D eigenvalue weighted by Gasteiger charge is -2.25. The largest absolute Gasteiger partial charge is 0.493 e. The highest BCUT2D eigenvalue weighted by Gasteiger charge is 2.13. The van der Waals surface area contributed by atoms with Crippen molar-refractivity contribution in [2.24, 2.45) is 0 Å². The first-order chi connectivity index (χ1) is 10.5. The van der Waals surface area contributed by atoms with Crippen molar-refractivity contribution >= 4 is 0 Å². The molecule has 1 unspecified atom stereocenters. The summed E-state index contributed by atoms with van der Waals surface area (Å²) in [5.41, 5.74) is 2.22. The van der Waals surface area contributed by atoms with E-state index < -0.39 is 0 Å². The van der Waals surface area contributed by atoms with Crippen LogP contribution >= 0.6 is 0 Å². The molecule has 1 atom stereocenters. The summed E-state index contributed by atoms with van der Waals surface area (Å²) in [6.45, 7) is 2.87. The van der Waals surface area contributed by atoms with Crippen LogP contribution in [0.1, 0.15) is 24.1 Å². The number of halogens is 1. The smallest absolute Gasteiger partial charge is 0.161 e. The van der Waals surface area contributed by atoms with Crippen LogP contribution in [-0.2, 0) is 6.54 Å². The highest BCUT2D eigenvalue weighted by Crippen LogP contribution is 2.29. The summed E-state index contributed by atoms with van der Waals surface area (Å²) >= 11 is 0. The van der Waals surface area contributed by atoms with E-state index in [0.717, 1.165) is 29.2 Å². The van der Waals surface area contributed by atoms with E-state index in [4.69, 9.17) is 9.47 Å². The summed E-state index contributed by atoms with van der Waals surface area (Å²) in [4.78, 5) is 2.20. The Hall–Kier alpha value is -2.07. The molecule has 4 heteroatoms. The van der Waals surface area contributed by atoms with Crippen molar-refractivity contribution in [3.63, 3.8) is 0 Å². The van der Waals surface area contributed by atoms with Crippen molar-refractivity contribution in [2.45, 2.75) is 19.5 Å².